The zero-order valence-electron chi connectivity index (χ0n) is 17.6. The third-order valence-corrected chi connectivity index (χ3v) is 7.36. The SMILES string of the molecule is CCC(=O)N1CCc2cc(S(=O)(=O)NCc3ccccc3CN3CCCC3=O)ccc21. The predicted molar refractivity (Wildman–Crippen MR) is 118 cm³/mol. The number of nitrogens with zero attached hydrogens (tertiary/aromatic N) is 2. The second-order valence-corrected chi connectivity index (χ2v) is 9.72. The summed E-state index contributed by atoms with van der Waals surface area (Å²) in [7, 11) is -3.71. The fraction of sp³-hybridized carbons (Fsp3) is 0.391. The molecule has 2 aromatic carbocycles. The lowest BCUT2D eigenvalue weighted by Crippen LogP contribution is -2.28. The van der Waals surface area contributed by atoms with Gasteiger partial charge in [0.2, 0.25) is 21.8 Å². The van der Waals surface area contributed by atoms with Gasteiger partial charge in [-0.05, 0) is 47.7 Å². The normalized spacial score (nSPS) is 16.1. The van der Waals surface area contributed by atoms with Crippen molar-refractivity contribution in [3.05, 3.63) is 59.2 Å². The van der Waals surface area contributed by atoms with Crippen LogP contribution in [0.3, 0.4) is 0 Å². The van der Waals surface area contributed by atoms with Gasteiger partial charge in [0, 0.05) is 44.7 Å². The van der Waals surface area contributed by atoms with Crippen molar-refractivity contribution in [2.24, 2.45) is 0 Å². The van der Waals surface area contributed by atoms with E-state index in [4.69, 9.17) is 0 Å². The Morgan fingerprint density at radius 1 is 1.06 bits per heavy atom. The lowest BCUT2D eigenvalue weighted by molar-refractivity contribution is -0.128. The molecule has 2 aromatic rings. The number of fused-ring (bicyclic) bond motifs is 1. The van der Waals surface area contributed by atoms with Crippen molar-refractivity contribution >= 4 is 27.5 Å². The van der Waals surface area contributed by atoms with E-state index in [0.717, 1.165) is 35.3 Å². The Morgan fingerprint density at radius 2 is 1.84 bits per heavy atom. The number of sulfonamides is 1. The maximum atomic E-state index is 12.9. The Balaban J connectivity index is 1.48. The van der Waals surface area contributed by atoms with Crippen LogP contribution in [0.15, 0.2) is 47.4 Å². The molecule has 0 unspecified atom stereocenters. The van der Waals surface area contributed by atoms with Crippen LogP contribution in [0.2, 0.25) is 0 Å². The second kappa shape index (κ2) is 8.80. The van der Waals surface area contributed by atoms with E-state index in [1.54, 1.807) is 23.1 Å². The molecule has 0 atom stereocenters. The highest BCUT2D eigenvalue weighted by Crippen LogP contribution is 2.30. The van der Waals surface area contributed by atoms with E-state index < -0.39 is 10.0 Å². The standard InChI is InChI=1S/C23H27N3O4S/c1-2-22(27)26-13-11-17-14-20(9-10-21(17)26)31(29,30)24-15-18-6-3-4-7-19(18)16-25-12-5-8-23(25)28/h3-4,6-7,9-10,14,24H,2,5,8,11-13,15-16H2,1H3. The van der Waals surface area contributed by atoms with Crippen molar-refractivity contribution in [3.8, 4) is 0 Å². The third-order valence-electron chi connectivity index (χ3n) is 5.96. The highest BCUT2D eigenvalue weighted by Gasteiger charge is 2.26. The average Bonchev–Trinajstić information content (AvgIpc) is 3.38. The molecule has 2 heterocycles. The summed E-state index contributed by atoms with van der Waals surface area (Å²) in [6.07, 6.45) is 2.52. The molecule has 0 aromatic heterocycles. The van der Waals surface area contributed by atoms with Crippen molar-refractivity contribution in [2.75, 3.05) is 18.0 Å². The summed E-state index contributed by atoms with van der Waals surface area (Å²) < 4.78 is 28.5. The lowest BCUT2D eigenvalue weighted by Gasteiger charge is -2.18. The van der Waals surface area contributed by atoms with Crippen LogP contribution >= 0.6 is 0 Å². The molecule has 1 saturated heterocycles. The van der Waals surface area contributed by atoms with E-state index in [1.165, 1.54) is 0 Å². The zero-order chi connectivity index (χ0) is 22.0. The van der Waals surface area contributed by atoms with Gasteiger partial charge in [0.15, 0.2) is 0 Å². The van der Waals surface area contributed by atoms with E-state index in [1.807, 2.05) is 36.1 Å². The van der Waals surface area contributed by atoms with Crippen molar-refractivity contribution in [2.45, 2.75) is 50.6 Å². The van der Waals surface area contributed by atoms with Crippen LogP contribution in [0.5, 0.6) is 0 Å². The molecule has 0 bridgehead atoms. The van der Waals surface area contributed by atoms with Gasteiger partial charge in [-0.3, -0.25) is 9.59 Å². The lowest BCUT2D eigenvalue weighted by atomic mass is 10.1. The Morgan fingerprint density at radius 3 is 2.55 bits per heavy atom. The van der Waals surface area contributed by atoms with Gasteiger partial charge in [0.25, 0.3) is 0 Å². The van der Waals surface area contributed by atoms with E-state index in [2.05, 4.69) is 4.72 Å². The minimum absolute atomic E-state index is 0.0422. The van der Waals surface area contributed by atoms with Crippen LogP contribution in [0, 0.1) is 0 Å². The van der Waals surface area contributed by atoms with Crippen molar-refractivity contribution in [3.63, 3.8) is 0 Å². The summed E-state index contributed by atoms with van der Waals surface area (Å²) in [4.78, 5) is 27.8. The molecule has 2 aliphatic heterocycles. The quantitative estimate of drug-likeness (QED) is 0.716. The van der Waals surface area contributed by atoms with E-state index in [9.17, 15) is 18.0 Å². The number of anilines is 1. The topological polar surface area (TPSA) is 86.8 Å². The van der Waals surface area contributed by atoms with Crippen LogP contribution in [-0.2, 0) is 39.1 Å². The first-order valence-electron chi connectivity index (χ1n) is 10.7. The predicted octanol–water partition coefficient (Wildman–Crippen LogP) is 2.59. The minimum atomic E-state index is -3.71. The van der Waals surface area contributed by atoms with Crippen LogP contribution in [0.25, 0.3) is 0 Å². The number of amides is 2. The number of hydrogen-bond donors (Lipinski definition) is 1. The van der Waals surface area contributed by atoms with Crippen LogP contribution in [0.4, 0.5) is 5.69 Å². The first-order valence-corrected chi connectivity index (χ1v) is 12.1. The van der Waals surface area contributed by atoms with Gasteiger partial charge in [0.1, 0.15) is 0 Å². The van der Waals surface area contributed by atoms with Gasteiger partial charge in [-0.1, -0.05) is 31.2 Å². The molecule has 0 aliphatic carbocycles. The Bertz CT molecular complexity index is 1110. The Kier molecular flexibility index (Phi) is 6.11. The van der Waals surface area contributed by atoms with Gasteiger partial charge in [-0.25, -0.2) is 13.1 Å². The molecule has 0 spiro atoms. The molecule has 1 N–H and O–H groups in total. The third kappa shape index (κ3) is 4.50. The summed E-state index contributed by atoms with van der Waals surface area (Å²) >= 11 is 0. The molecule has 164 valence electrons. The second-order valence-electron chi connectivity index (χ2n) is 7.95. The number of hydrogen-bond acceptors (Lipinski definition) is 4. The van der Waals surface area contributed by atoms with Crippen molar-refractivity contribution in [1.29, 1.82) is 0 Å². The molecule has 2 amide bonds. The van der Waals surface area contributed by atoms with Crippen LogP contribution in [-0.4, -0.2) is 38.2 Å². The van der Waals surface area contributed by atoms with Gasteiger partial charge in [-0.15, -0.1) is 0 Å². The number of rotatable bonds is 7. The van der Waals surface area contributed by atoms with Crippen molar-refractivity contribution in [1.82, 2.24) is 9.62 Å². The number of carbonyl (C=O) groups is 2. The molecule has 0 radical (unpaired) electrons. The van der Waals surface area contributed by atoms with E-state index >= 15 is 0 Å². The summed E-state index contributed by atoms with van der Waals surface area (Å²) in [5.74, 6) is 0.185. The fourth-order valence-corrected chi connectivity index (χ4v) is 5.27. The number of benzene rings is 2. The molecule has 31 heavy (non-hydrogen) atoms. The minimum Gasteiger partial charge on any atom is -0.338 e. The van der Waals surface area contributed by atoms with Crippen molar-refractivity contribution < 1.29 is 18.0 Å². The molecule has 1 fully saturated rings. The first kappa shape index (κ1) is 21.5. The largest absolute Gasteiger partial charge is 0.338 e. The zero-order valence-corrected chi connectivity index (χ0v) is 18.5. The molecular weight excluding hydrogens is 414 g/mol. The number of likely N-dealkylation sites (tertiary alicyclic amines) is 1. The Hall–Kier alpha value is -2.71. The maximum Gasteiger partial charge on any atom is 0.240 e. The summed E-state index contributed by atoms with van der Waals surface area (Å²) in [5, 5.41) is 0. The van der Waals surface area contributed by atoms with Gasteiger partial charge in [-0.2, -0.15) is 0 Å². The van der Waals surface area contributed by atoms with Gasteiger partial charge >= 0.3 is 0 Å². The number of nitrogens with one attached hydrogen (secondary N) is 1. The average molecular weight is 442 g/mol. The maximum absolute atomic E-state index is 12.9. The first-order chi connectivity index (χ1) is 14.9. The molecule has 2 aliphatic rings. The van der Waals surface area contributed by atoms with Gasteiger partial charge in [0.05, 0.1) is 4.90 Å². The molecular formula is C23H27N3O4S. The molecule has 4 rings (SSSR count). The summed E-state index contributed by atoms with van der Waals surface area (Å²) in [6, 6.07) is 12.5. The fourth-order valence-electron chi connectivity index (χ4n) is 4.21. The van der Waals surface area contributed by atoms with E-state index in [0.29, 0.717) is 32.4 Å². The molecule has 0 saturated carbocycles. The van der Waals surface area contributed by atoms with Crippen LogP contribution in [0.1, 0.15) is 42.9 Å². The molecule has 7 nitrogen and oxygen atoms in total. The van der Waals surface area contributed by atoms with Gasteiger partial charge < -0.3 is 9.80 Å². The summed E-state index contributed by atoms with van der Waals surface area (Å²) in [6.45, 7) is 3.79. The van der Waals surface area contributed by atoms with E-state index in [-0.39, 0.29) is 23.3 Å². The Labute approximate surface area is 183 Å². The highest BCUT2D eigenvalue weighted by atomic mass is 32.2. The summed E-state index contributed by atoms with van der Waals surface area (Å²) in [5.41, 5.74) is 3.47. The highest BCUT2D eigenvalue weighted by molar-refractivity contribution is 7.89. The number of carbonyl (C=O) groups excluding carboxylic acids is 2. The monoisotopic (exact) mass is 441 g/mol. The smallest absolute Gasteiger partial charge is 0.240 e. The van der Waals surface area contributed by atoms with Crippen LogP contribution < -0.4 is 9.62 Å². The molecule has 8 heteroatoms.